The Kier molecular flexibility index (Phi) is 5.09. The minimum atomic E-state index is -1.36. The molecule has 2 aromatic rings. The molecule has 0 saturated carbocycles. The molecule has 1 amide bonds. The first kappa shape index (κ1) is 18.5. The Morgan fingerprint density at radius 3 is 2.67 bits per heavy atom. The Hall–Kier alpha value is -1.81. The Morgan fingerprint density at radius 1 is 1.38 bits per heavy atom. The van der Waals surface area contributed by atoms with Gasteiger partial charge in [-0.15, -0.1) is 11.3 Å². The number of aromatic nitrogens is 1. The maximum atomic E-state index is 12.8. The molecule has 120 valence electrons. The van der Waals surface area contributed by atoms with Crippen molar-refractivity contribution in [2.24, 2.45) is 7.05 Å². The molecule has 2 aromatic heterocycles. The molecule has 24 heavy (non-hydrogen) atoms. The molecule has 0 radical (unpaired) electrons. The summed E-state index contributed by atoms with van der Waals surface area (Å²) < 4.78 is 1.50. The summed E-state index contributed by atoms with van der Waals surface area (Å²) in [6, 6.07) is 3.49. The number of pyridine rings is 1. The van der Waals surface area contributed by atoms with Gasteiger partial charge in [0.1, 0.15) is 0 Å². The van der Waals surface area contributed by atoms with Crippen molar-refractivity contribution in [3.8, 4) is 10.4 Å². The molecule has 0 saturated heterocycles. The number of carbonyl (C=O) groups excluding carboxylic acids is 2. The third kappa shape index (κ3) is 2.73. The van der Waals surface area contributed by atoms with Crippen LogP contribution in [-0.2, 0) is 16.6 Å². The largest absolute Gasteiger partial charge is 1.00 e. The van der Waals surface area contributed by atoms with E-state index in [1.54, 1.807) is 27.0 Å². The van der Waals surface area contributed by atoms with Crippen molar-refractivity contribution in [3.63, 3.8) is 0 Å². The standard InChI is InChI=1S/C16H16N2O4S.Li/c1-8-6-11-13(16(22)17(8)3)14-10(4-5-23-14)9(2)15(21)18(11)7-12(19)20;/h4-6,9H,7H2,1-3H3,(H,19,20);/q;+1/p-1. The molecule has 1 aliphatic heterocycles. The summed E-state index contributed by atoms with van der Waals surface area (Å²) in [5, 5.41) is 12.9. The predicted octanol–water partition coefficient (Wildman–Crippen LogP) is -2.37. The second-order valence-corrected chi connectivity index (χ2v) is 6.55. The van der Waals surface area contributed by atoms with Gasteiger partial charge in [0.25, 0.3) is 5.56 Å². The zero-order valence-corrected chi connectivity index (χ0v) is 14.8. The number of hydrogen-bond donors (Lipinski definition) is 0. The first-order valence-corrected chi connectivity index (χ1v) is 8.00. The van der Waals surface area contributed by atoms with E-state index in [9.17, 15) is 19.5 Å². The molecule has 1 unspecified atom stereocenters. The zero-order chi connectivity index (χ0) is 16.9. The van der Waals surface area contributed by atoms with Crippen molar-refractivity contribution >= 4 is 28.9 Å². The minimum absolute atomic E-state index is 0. The zero-order valence-electron chi connectivity index (χ0n) is 14.0. The van der Waals surface area contributed by atoms with E-state index in [0.717, 1.165) is 15.3 Å². The Morgan fingerprint density at radius 2 is 2.04 bits per heavy atom. The van der Waals surface area contributed by atoms with Crippen molar-refractivity contribution in [2.75, 3.05) is 11.4 Å². The van der Waals surface area contributed by atoms with Gasteiger partial charge in [0.05, 0.1) is 29.7 Å². The number of carbonyl (C=O) groups is 2. The topological polar surface area (TPSA) is 82.4 Å². The van der Waals surface area contributed by atoms with E-state index in [1.165, 1.54) is 15.9 Å². The van der Waals surface area contributed by atoms with Gasteiger partial charge in [-0.1, -0.05) is 0 Å². The fourth-order valence-corrected chi connectivity index (χ4v) is 3.91. The number of rotatable bonds is 2. The summed E-state index contributed by atoms with van der Waals surface area (Å²) in [5.74, 6) is -2.23. The van der Waals surface area contributed by atoms with E-state index < -0.39 is 18.4 Å². The molecule has 0 aliphatic carbocycles. The number of aryl methyl sites for hydroxylation is 1. The second kappa shape index (κ2) is 6.59. The quantitative estimate of drug-likeness (QED) is 0.573. The normalized spacial score (nSPS) is 16.0. The van der Waals surface area contributed by atoms with Crippen LogP contribution in [0.4, 0.5) is 5.69 Å². The SMILES string of the molecule is Cc1cc2c(c(=O)n1C)-c1sccc1C(C)C(=O)N2CC(=O)[O-].[Li+]. The van der Waals surface area contributed by atoms with Crippen molar-refractivity contribution in [1.29, 1.82) is 0 Å². The van der Waals surface area contributed by atoms with E-state index in [4.69, 9.17) is 0 Å². The number of amides is 1. The van der Waals surface area contributed by atoms with Crippen molar-refractivity contribution in [3.05, 3.63) is 39.1 Å². The molecular formula is C16H15LiN2O4S. The molecule has 0 fully saturated rings. The van der Waals surface area contributed by atoms with Gasteiger partial charge in [0, 0.05) is 17.6 Å². The van der Waals surface area contributed by atoms with Gasteiger partial charge in [0.2, 0.25) is 5.91 Å². The van der Waals surface area contributed by atoms with Gasteiger partial charge >= 0.3 is 18.9 Å². The summed E-state index contributed by atoms with van der Waals surface area (Å²) in [6.07, 6.45) is 0. The number of anilines is 1. The average molecular weight is 338 g/mol. The summed E-state index contributed by atoms with van der Waals surface area (Å²) >= 11 is 1.38. The van der Waals surface area contributed by atoms with Crippen LogP contribution in [0.15, 0.2) is 22.3 Å². The number of hydrogen-bond acceptors (Lipinski definition) is 5. The van der Waals surface area contributed by atoms with Crippen LogP contribution in [0, 0.1) is 6.92 Å². The molecule has 0 bridgehead atoms. The van der Waals surface area contributed by atoms with Crippen LogP contribution in [-0.4, -0.2) is 23.0 Å². The molecule has 3 heterocycles. The molecular weight excluding hydrogens is 323 g/mol. The van der Waals surface area contributed by atoms with Crippen LogP contribution in [0.5, 0.6) is 0 Å². The molecule has 0 N–H and O–H groups in total. The Balaban J connectivity index is 0.00000208. The van der Waals surface area contributed by atoms with Crippen LogP contribution in [0.25, 0.3) is 10.4 Å². The van der Waals surface area contributed by atoms with Gasteiger partial charge < -0.3 is 19.4 Å². The number of carboxylic acid groups (broad SMARTS) is 1. The maximum Gasteiger partial charge on any atom is 1.00 e. The van der Waals surface area contributed by atoms with Crippen LogP contribution in [0.1, 0.15) is 24.1 Å². The van der Waals surface area contributed by atoms with Crippen molar-refractivity contribution in [1.82, 2.24) is 4.57 Å². The summed E-state index contributed by atoms with van der Waals surface area (Å²) in [7, 11) is 1.66. The summed E-state index contributed by atoms with van der Waals surface area (Å²) in [5.41, 5.74) is 1.88. The van der Waals surface area contributed by atoms with Gasteiger partial charge in [0.15, 0.2) is 0 Å². The van der Waals surface area contributed by atoms with Crippen molar-refractivity contribution in [2.45, 2.75) is 19.8 Å². The molecule has 3 rings (SSSR count). The Labute approximate surface area is 154 Å². The molecule has 1 aliphatic rings. The first-order chi connectivity index (χ1) is 10.8. The number of nitrogens with zero attached hydrogens (tertiary/aromatic N) is 2. The first-order valence-electron chi connectivity index (χ1n) is 7.12. The average Bonchev–Trinajstić information content (AvgIpc) is 2.94. The van der Waals surface area contributed by atoms with E-state index in [-0.39, 0.29) is 30.3 Å². The molecule has 8 heteroatoms. The maximum absolute atomic E-state index is 12.8. The fourth-order valence-electron chi connectivity index (χ4n) is 2.87. The van der Waals surface area contributed by atoms with E-state index in [0.29, 0.717) is 16.9 Å². The third-order valence-electron chi connectivity index (χ3n) is 4.25. The van der Waals surface area contributed by atoms with Gasteiger partial charge in [-0.3, -0.25) is 9.59 Å². The predicted molar refractivity (Wildman–Crippen MR) is 85.5 cm³/mol. The third-order valence-corrected chi connectivity index (χ3v) is 5.20. The van der Waals surface area contributed by atoms with E-state index >= 15 is 0 Å². The smallest absolute Gasteiger partial charge is 0.548 e. The summed E-state index contributed by atoms with van der Waals surface area (Å²) in [4.78, 5) is 38.5. The van der Waals surface area contributed by atoms with E-state index in [2.05, 4.69) is 0 Å². The Bertz CT molecular complexity index is 887. The van der Waals surface area contributed by atoms with Crippen molar-refractivity contribution < 1.29 is 33.6 Å². The second-order valence-electron chi connectivity index (χ2n) is 5.63. The van der Waals surface area contributed by atoms with Crippen LogP contribution >= 0.6 is 11.3 Å². The fraction of sp³-hybridized carbons (Fsp3) is 0.312. The monoisotopic (exact) mass is 338 g/mol. The van der Waals surface area contributed by atoms with Gasteiger partial charge in [-0.2, -0.15) is 0 Å². The number of thiophene rings is 1. The molecule has 0 aromatic carbocycles. The number of fused-ring (bicyclic) bond motifs is 3. The van der Waals surface area contributed by atoms with Crippen LogP contribution in [0.2, 0.25) is 0 Å². The number of aliphatic carboxylic acids is 1. The molecule has 6 nitrogen and oxygen atoms in total. The minimum Gasteiger partial charge on any atom is -0.548 e. The molecule has 0 spiro atoms. The van der Waals surface area contributed by atoms with Crippen LogP contribution in [0.3, 0.4) is 0 Å². The van der Waals surface area contributed by atoms with E-state index in [1.807, 2.05) is 11.4 Å². The molecule has 1 atom stereocenters. The van der Waals surface area contributed by atoms with Crippen LogP contribution < -0.4 is 34.4 Å². The summed E-state index contributed by atoms with van der Waals surface area (Å²) in [6.45, 7) is 2.89. The number of carboxylic acids is 1. The van der Waals surface area contributed by atoms with Gasteiger partial charge in [-0.25, -0.2) is 0 Å². The van der Waals surface area contributed by atoms with Gasteiger partial charge in [-0.05, 0) is 36.9 Å².